The van der Waals surface area contributed by atoms with Crippen LogP contribution in [0.5, 0.6) is 5.75 Å². The number of nitrogens with one attached hydrogen (secondary N) is 2. The van der Waals surface area contributed by atoms with Crippen molar-refractivity contribution in [2.75, 3.05) is 7.05 Å². The summed E-state index contributed by atoms with van der Waals surface area (Å²) < 4.78 is 0. The molecule has 1 atom stereocenters. The lowest BCUT2D eigenvalue weighted by molar-refractivity contribution is 0.476. The molecule has 2 rings (SSSR count). The summed E-state index contributed by atoms with van der Waals surface area (Å²) in [5.74, 6) is 0.306. The summed E-state index contributed by atoms with van der Waals surface area (Å²) in [7, 11) is 1.92. The number of phenols is 1. The van der Waals surface area contributed by atoms with Crippen LogP contribution in [0.3, 0.4) is 0 Å². The molecule has 0 radical (unpaired) electrons. The Hall–Kier alpha value is -1.48. The monoisotopic (exact) mass is 190 g/mol. The number of aromatic hydroxyl groups is 1. The summed E-state index contributed by atoms with van der Waals surface area (Å²) in [5, 5.41) is 13.5. The maximum Gasteiger partial charge on any atom is 0.116 e. The van der Waals surface area contributed by atoms with E-state index in [2.05, 4.69) is 23.3 Å². The smallest absolute Gasteiger partial charge is 0.116 e. The van der Waals surface area contributed by atoms with Crippen molar-refractivity contribution in [2.24, 2.45) is 0 Å². The zero-order valence-corrected chi connectivity index (χ0v) is 8.33. The predicted molar refractivity (Wildman–Crippen MR) is 57.4 cm³/mol. The molecule has 0 aliphatic heterocycles. The van der Waals surface area contributed by atoms with E-state index in [0.717, 1.165) is 16.6 Å². The van der Waals surface area contributed by atoms with Gasteiger partial charge >= 0.3 is 0 Å². The first-order valence-electron chi connectivity index (χ1n) is 4.69. The van der Waals surface area contributed by atoms with E-state index in [-0.39, 0.29) is 0 Å². The molecule has 1 aromatic heterocycles. The van der Waals surface area contributed by atoms with Gasteiger partial charge in [0, 0.05) is 22.6 Å². The van der Waals surface area contributed by atoms with E-state index in [1.807, 2.05) is 13.1 Å². The Bertz CT molecular complexity index is 447. The quantitative estimate of drug-likeness (QED) is 0.679. The zero-order chi connectivity index (χ0) is 10.1. The van der Waals surface area contributed by atoms with Gasteiger partial charge in [-0.1, -0.05) is 0 Å². The summed E-state index contributed by atoms with van der Waals surface area (Å²) in [5.41, 5.74) is 2.19. The minimum absolute atomic E-state index is 0.296. The van der Waals surface area contributed by atoms with E-state index in [1.165, 1.54) is 0 Å². The molecule has 0 aliphatic rings. The highest BCUT2D eigenvalue weighted by Gasteiger charge is 2.06. The molecule has 0 amide bonds. The van der Waals surface area contributed by atoms with Crippen molar-refractivity contribution in [3.8, 4) is 5.75 Å². The third kappa shape index (κ3) is 1.46. The topological polar surface area (TPSA) is 48.0 Å². The average Bonchev–Trinajstić information content (AvgIpc) is 2.59. The van der Waals surface area contributed by atoms with Gasteiger partial charge in [0.05, 0.1) is 0 Å². The third-order valence-electron chi connectivity index (χ3n) is 2.52. The normalized spacial score (nSPS) is 13.3. The summed E-state index contributed by atoms with van der Waals surface area (Å²) in [4.78, 5) is 3.30. The van der Waals surface area contributed by atoms with Crippen LogP contribution in [-0.4, -0.2) is 17.1 Å². The maximum atomic E-state index is 9.31. The Morgan fingerprint density at radius 1 is 1.36 bits per heavy atom. The van der Waals surface area contributed by atoms with Gasteiger partial charge in [0.15, 0.2) is 0 Å². The van der Waals surface area contributed by atoms with Crippen LogP contribution in [-0.2, 0) is 0 Å². The molecule has 0 saturated heterocycles. The summed E-state index contributed by atoms with van der Waals surface area (Å²) in [6.45, 7) is 2.09. The van der Waals surface area contributed by atoms with Gasteiger partial charge in [-0.2, -0.15) is 0 Å². The fourth-order valence-corrected chi connectivity index (χ4v) is 1.53. The van der Waals surface area contributed by atoms with Crippen molar-refractivity contribution in [2.45, 2.75) is 13.0 Å². The molecule has 0 spiro atoms. The van der Waals surface area contributed by atoms with Gasteiger partial charge in [-0.25, -0.2) is 0 Å². The molecule has 74 valence electrons. The predicted octanol–water partition coefficient (Wildman–Crippen LogP) is 2.15. The van der Waals surface area contributed by atoms with Crippen LogP contribution in [0, 0.1) is 0 Å². The minimum Gasteiger partial charge on any atom is -0.508 e. The van der Waals surface area contributed by atoms with Gasteiger partial charge in [-0.3, -0.25) is 0 Å². The van der Waals surface area contributed by atoms with Gasteiger partial charge in [0.1, 0.15) is 5.75 Å². The van der Waals surface area contributed by atoms with Gasteiger partial charge in [0.25, 0.3) is 0 Å². The first kappa shape index (κ1) is 9.09. The van der Waals surface area contributed by atoms with Gasteiger partial charge in [-0.05, 0) is 38.2 Å². The zero-order valence-electron chi connectivity index (χ0n) is 8.33. The molecule has 1 aromatic carbocycles. The van der Waals surface area contributed by atoms with Crippen molar-refractivity contribution in [1.82, 2.24) is 10.3 Å². The van der Waals surface area contributed by atoms with Crippen LogP contribution < -0.4 is 5.32 Å². The average molecular weight is 190 g/mol. The van der Waals surface area contributed by atoms with Crippen LogP contribution in [0.4, 0.5) is 0 Å². The molecule has 0 fully saturated rings. The largest absolute Gasteiger partial charge is 0.508 e. The Morgan fingerprint density at radius 3 is 2.86 bits per heavy atom. The summed E-state index contributed by atoms with van der Waals surface area (Å²) >= 11 is 0. The first-order chi connectivity index (χ1) is 6.70. The van der Waals surface area contributed by atoms with Crippen molar-refractivity contribution < 1.29 is 5.11 Å². The van der Waals surface area contributed by atoms with E-state index in [0.29, 0.717) is 11.8 Å². The van der Waals surface area contributed by atoms with E-state index < -0.39 is 0 Å². The van der Waals surface area contributed by atoms with E-state index in [1.54, 1.807) is 12.1 Å². The van der Waals surface area contributed by atoms with E-state index in [9.17, 15) is 5.11 Å². The second-order valence-electron chi connectivity index (χ2n) is 3.51. The van der Waals surface area contributed by atoms with E-state index in [4.69, 9.17) is 0 Å². The molecule has 14 heavy (non-hydrogen) atoms. The van der Waals surface area contributed by atoms with Crippen LogP contribution in [0.1, 0.15) is 18.7 Å². The van der Waals surface area contributed by atoms with Crippen LogP contribution in [0.2, 0.25) is 0 Å². The molecular formula is C11H14N2O. The summed E-state index contributed by atoms with van der Waals surface area (Å²) in [6.07, 6.45) is 0. The van der Waals surface area contributed by atoms with Gasteiger partial charge in [-0.15, -0.1) is 0 Å². The molecule has 0 aliphatic carbocycles. The molecule has 2 aromatic rings. The van der Waals surface area contributed by atoms with Gasteiger partial charge in [0.2, 0.25) is 0 Å². The lowest BCUT2D eigenvalue weighted by Gasteiger charge is -2.05. The molecule has 3 N–H and O–H groups in total. The Morgan fingerprint density at radius 2 is 2.14 bits per heavy atom. The van der Waals surface area contributed by atoms with Crippen molar-refractivity contribution >= 4 is 10.9 Å². The molecule has 1 unspecified atom stereocenters. The first-order valence-corrected chi connectivity index (χ1v) is 4.69. The number of hydrogen-bond acceptors (Lipinski definition) is 2. The number of rotatable bonds is 2. The Labute approximate surface area is 82.8 Å². The van der Waals surface area contributed by atoms with Crippen LogP contribution in [0.15, 0.2) is 24.3 Å². The lowest BCUT2D eigenvalue weighted by atomic mass is 10.2. The van der Waals surface area contributed by atoms with Crippen molar-refractivity contribution in [3.05, 3.63) is 30.0 Å². The fraction of sp³-hybridized carbons (Fsp3) is 0.273. The Kier molecular flexibility index (Phi) is 2.17. The van der Waals surface area contributed by atoms with E-state index >= 15 is 0 Å². The standard InChI is InChI=1S/C11H14N2O/c1-7(12-2)11-6-8-5-9(14)3-4-10(8)13-11/h3-7,12-14H,1-2H3. The highest BCUT2D eigenvalue weighted by molar-refractivity contribution is 5.81. The number of aromatic nitrogens is 1. The highest BCUT2D eigenvalue weighted by Crippen LogP contribution is 2.23. The molecular weight excluding hydrogens is 176 g/mol. The fourth-order valence-electron chi connectivity index (χ4n) is 1.53. The Balaban J connectivity index is 2.51. The van der Waals surface area contributed by atoms with Crippen LogP contribution >= 0.6 is 0 Å². The maximum absolute atomic E-state index is 9.31. The highest BCUT2D eigenvalue weighted by atomic mass is 16.3. The van der Waals surface area contributed by atoms with Crippen LogP contribution in [0.25, 0.3) is 10.9 Å². The molecule has 0 saturated carbocycles. The summed E-state index contributed by atoms with van der Waals surface area (Å²) in [6, 6.07) is 7.68. The molecule has 1 heterocycles. The van der Waals surface area contributed by atoms with Crippen molar-refractivity contribution in [1.29, 1.82) is 0 Å². The molecule has 0 bridgehead atoms. The number of phenolic OH excluding ortho intramolecular Hbond substituents is 1. The minimum atomic E-state index is 0.296. The second-order valence-corrected chi connectivity index (χ2v) is 3.51. The second kappa shape index (κ2) is 3.35. The number of aromatic amines is 1. The number of H-pyrrole nitrogens is 1. The number of benzene rings is 1. The SMILES string of the molecule is CNC(C)c1cc2cc(O)ccc2[nH]1. The number of hydrogen-bond donors (Lipinski definition) is 3. The van der Waals surface area contributed by atoms with Crippen molar-refractivity contribution in [3.63, 3.8) is 0 Å². The number of fused-ring (bicyclic) bond motifs is 1. The lowest BCUT2D eigenvalue weighted by Crippen LogP contribution is -2.12. The van der Waals surface area contributed by atoms with Gasteiger partial charge < -0.3 is 15.4 Å². The molecule has 3 nitrogen and oxygen atoms in total. The third-order valence-corrected chi connectivity index (χ3v) is 2.52. The molecule has 3 heteroatoms.